The summed E-state index contributed by atoms with van der Waals surface area (Å²) in [6.45, 7) is 15.3. The molecule has 0 unspecified atom stereocenters. The minimum absolute atomic E-state index is 0.675. The van der Waals surface area contributed by atoms with Crippen LogP contribution in [0.2, 0.25) is 0 Å². The number of nitrogen functional groups attached to an aromatic ring is 3. The van der Waals surface area contributed by atoms with Crippen LogP contribution < -0.4 is 17.2 Å². The number of hydrogen-bond donors (Lipinski definition) is 3. The summed E-state index contributed by atoms with van der Waals surface area (Å²) < 4.78 is 0. The lowest BCUT2D eigenvalue weighted by atomic mass is 10.0. The summed E-state index contributed by atoms with van der Waals surface area (Å²) in [7, 11) is 0. The average Bonchev–Trinajstić information content (AvgIpc) is 2.61. The van der Waals surface area contributed by atoms with Crippen molar-refractivity contribution in [1.82, 2.24) is 0 Å². The van der Waals surface area contributed by atoms with E-state index < -0.39 is 0 Å². The largest absolute Gasteiger partial charge is 0.399 e. The fourth-order valence-corrected chi connectivity index (χ4v) is 1.58. The Balaban J connectivity index is 0. The van der Waals surface area contributed by atoms with E-state index in [1.54, 1.807) is 24.3 Å². The molecule has 0 atom stereocenters. The molecule has 0 saturated heterocycles. The molecule has 0 amide bonds. The Morgan fingerprint density at radius 3 is 1.22 bits per heavy atom. The predicted octanol–water partition coefficient (Wildman–Crippen LogP) is 5.46. The molecule has 23 heavy (non-hydrogen) atoms. The number of hydrogen-bond acceptors (Lipinski definition) is 3. The van der Waals surface area contributed by atoms with Crippen molar-refractivity contribution < 1.29 is 0 Å². The SMILES string of the molecule is C=Cc1c(N)ccc(N)c1C=C.CC.CC.Nc1ccccc1. The van der Waals surface area contributed by atoms with Crippen LogP contribution in [-0.2, 0) is 0 Å². The van der Waals surface area contributed by atoms with Gasteiger partial charge in [0.2, 0.25) is 0 Å². The standard InChI is InChI=1S/C10H12N2.C6H7N.2C2H6/c1-3-7-8(4-2)10(12)6-5-9(7)11;7-6-4-2-1-3-5-6;2*1-2/h3-6H,1-2,11-12H2;1-5H,7H2;2*1-2H3. The third kappa shape index (κ3) is 8.37. The fourth-order valence-electron chi connectivity index (χ4n) is 1.58. The van der Waals surface area contributed by atoms with Crippen molar-refractivity contribution in [3.63, 3.8) is 0 Å². The summed E-state index contributed by atoms with van der Waals surface area (Å²) >= 11 is 0. The highest BCUT2D eigenvalue weighted by Crippen LogP contribution is 2.24. The fraction of sp³-hybridized carbons (Fsp3) is 0.200. The number of rotatable bonds is 2. The van der Waals surface area contributed by atoms with E-state index in [4.69, 9.17) is 17.2 Å². The lowest BCUT2D eigenvalue weighted by Crippen LogP contribution is -1.96. The van der Waals surface area contributed by atoms with Crippen LogP contribution >= 0.6 is 0 Å². The van der Waals surface area contributed by atoms with Gasteiger partial charge in [-0.3, -0.25) is 0 Å². The van der Waals surface area contributed by atoms with Gasteiger partial charge in [-0.2, -0.15) is 0 Å². The first-order valence-corrected chi connectivity index (χ1v) is 7.83. The van der Waals surface area contributed by atoms with Crippen LogP contribution in [0.15, 0.2) is 55.6 Å². The van der Waals surface area contributed by atoms with Gasteiger partial charge in [0.15, 0.2) is 0 Å². The van der Waals surface area contributed by atoms with Crippen molar-refractivity contribution in [2.24, 2.45) is 0 Å². The summed E-state index contributed by atoms with van der Waals surface area (Å²) in [6, 6.07) is 13.0. The second-order valence-electron chi connectivity index (χ2n) is 3.89. The third-order valence-corrected chi connectivity index (χ3v) is 2.56. The van der Waals surface area contributed by atoms with Crippen molar-refractivity contribution in [3.8, 4) is 0 Å². The maximum Gasteiger partial charge on any atom is 0.0395 e. The summed E-state index contributed by atoms with van der Waals surface area (Å²) in [4.78, 5) is 0. The van der Waals surface area contributed by atoms with E-state index >= 15 is 0 Å². The van der Waals surface area contributed by atoms with E-state index in [1.165, 1.54) is 0 Å². The molecular formula is C20H31N3. The number of benzene rings is 2. The highest BCUT2D eigenvalue weighted by molar-refractivity contribution is 5.80. The minimum Gasteiger partial charge on any atom is -0.399 e. The molecule has 0 spiro atoms. The molecule has 2 aromatic rings. The average molecular weight is 313 g/mol. The van der Waals surface area contributed by atoms with E-state index in [0.717, 1.165) is 16.8 Å². The maximum absolute atomic E-state index is 5.70. The van der Waals surface area contributed by atoms with Crippen molar-refractivity contribution in [2.75, 3.05) is 17.2 Å². The Hall–Kier alpha value is -2.68. The van der Waals surface area contributed by atoms with E-state index in [9.17, 15) is 0 Å². The predicted molar refractivity (Wildman–Crippen MR) is 109 cm³/mol. The monoisotopic (exact) mass is 313 g/mol. The highest BCUT2D eigenvalue weighted by atomic mass is 14.6. The van der Waals surface area contributed by atoms with Gasteiger partial charge in [0.25, 0.3) is 0 Å². The first-order chi connectivity index (χ1) is 11.1. The third-order valence-electron chi connectivity index (χ3n) is 2.56. The topological polar surface area (TPSA) is 78.1 Å². The molecule has 0 aromatic heterocycles. The molecule has 0 aliphatic rings. The Kier molecular flexibility index (Phi) is 14.0. The van der Waals surface area contributed by atoms with E-state index in [-0.39, 0.29) is 0 Å². The summed E-state index contributed by atoms with van der Waals surface area (Å²) in [5.41, 5.74) is 20.6. The molecular weight excluding hydrogens is 282 g/mol. The van der Waals surface area contributed by atoms with Gasteiger partial charge in [-0.05, 0) is 24.3 Å². The van der Waals surface area contributed by atoms with Crippen LogP contribution in [0.5, 0.6) is 0 Å². The molecule has 126 valence electrons. The summed E-state index contributed by atoms with van der Waals surface area (Å²) in [5, 5.41) is 0. The van der Waals surface area contributed by atoms with Crippen LogP contribution in [0.25, 0.3) is 12.2 Å². The molecule has 2 aromatic carbocycles. The molecule has 0 heterocycles. The van der Waals surface area contributed by atoms with Crippen LogP contribution in [0.1, 0.15) is 38.8 Å². The normalized spacial score (nSPS) is 8.00. The van der Waals surface area contributed by atoms with Gasteiger partial charge in [0, 0.05) is 28.2 Å². The van der Waals surface area contributed by atoms with Crippen LogP contribution in [-0.4, -0.2) is 0 Å². The van der Waals surface area contributed by atoms with Gasteiger partial charge < -0.3 is 17.2 Å². The highest BCUT2D eigenvalue weighted by Gasteiger charge is 2.02. The second kappa shape index (κ2) is 14.3. The zero-order valence-corrected chi connectivity index (χ0v) is 14.8. The van der Waals surface area contributed by atoms with Crippen LogP contribution in [0.4, 0.5) is 17.1 Å². The van der Waals surface area contributed by atoms with Gasteiger partial charge in [-0.1, -0.05) is 71.2 Å². The maximum atomic E-state index is 5.70. The van der Waals surface area contributed by atoms with Gasteiger partial charge in [0.05, 0.1) is 0 Å². The first kappa shape index (κ1) is 22.6. The molecule has 6 N–H and O–H groups in total. The Labute approximate surface area is 141 Å². The lowest BCUT2D eigenvalue weighted by Gasteiger charge is -2.07. The molecule has 3 heteroatoms. The molecule has 0 saturated carbocycles. The Morgan fingerprint density at radius 1 is 0.652 bits per heavy atom. The van der Waals surface area contributed by atoms with Gasteiger partial charge in [-0.15, -0.1) is 0 Å². The smallest absolute Gasteiger partial charge is 0.0395 e. The molecule has 2 rings (SSSR count). The molecule has 0 bridgehead atoms. The van der Waals surface area contributed by atoms with Crippen molar-refractivity contribution in [1.29, 1.82) is 0 Å². The second-order valence-corrected chi connectivity index (χ2v) is 3.89. The van der Waals surface area contributed by atoms with Gasteiger partial charge in [-0.25, -0.2) is 0 Å². The zero-order valence-electron chi connectivity index (χ0n) is 14.8. The number of anilines is 3. The summed E-state index contributed by atoms with van der Waals surface area (Å²) in [5.74, 6) is 0. The zero-order chi connectivity index (χ0) is 18.3. The van der Waals surface area contributed by atoms with Crippen molar-refractivity contribution in [3.05, 3.63) is 66.7 Å². The number of para-hydroxylation sites is 1. The lowest BCUT2D eigenvalue weighted by molar-refractivity contribution is 1.50. The molecule has 0 radical (unpaired) electrons. The van der Waals surface area contributed by atoms with E-state index in [1.807, 2.05) is 58.0 Å². The molecule has 0 aliphatic heterocycles. The molecule has 0 fully saturated rings. The Morgan fingerprint density at radius 2 is 1.00 bits per heavy atom. The Bertz CT molecular complexity index is 528. The number of nitrogens with two attached hydrogens (primary N) is 3. The van der Waals surface area contributed by atoms with Crippen molar-refractivity contribution in [2.45, 2.75) is 27.7 Å². The first-order valence-electron chi connectivity index (χ1n) is 7.83. The summed E-state index contributed by atoms with van der Waals surface area (Å²) in [6.07, 6.45) is 3.37. The molecule has 0 aliphatic carbocycles. The van der Waals surface area contributed by atoms with Crippen LogP contribution in [0, 0.1) is 0 Å². The van der Waals surface area contributed by atoms with Gasteiger partial charge in [0.1, 0.15) is 0 Å². The molecule has 3 nitrogen and oxygen atoms in total. The minimum atomic E-state index is 0.675. The van der Waals surface area contributed by atoms with Crippen LogP contribution in [0.3, 0.4) is 0 Å². The van der Waals surface area contributed by atoms with Gasteiger partial charge >= 0.3 is 0 Å². The van der Waals surface area contributed by atoms with Crippen molar-refractivity contribution >= 4 is 29.2 Å². The quantitative estimate of drug-likeness (QED) is 0.644. The van der Waals surface area contributed by atoms with E-state index in [2.05, 4.69) is 13.2 Å². The van der Waals surface area contributed by atoms with E-state index in [0.29, 0.717) is 11.4 Å².